The van der Waals surface area contributed by atoms with Crippen LogP contribution in [-0.2, 0) is 11.8 Å². The molecule has 0 fully saturated rings. The molecular formula is C21H27ClN2. The third-order valence-electron chi connectivity index (χ3n) is 4.45. The number of benzene rings is 2. The molecule has 2 rings (SSSR count). The lowest BCUT2D eigenvalue weighted by molar-refractivity contribution is 0.342. The summed E-state index contributed by atoms with van der Waals surface area (Å²) in [5, 5.41) is 10.0. The monoisotopic (exact) mass is 342 g/mol. The van der Waals surface area contributed by atoms with Crippen LogP contribution in [0, 0.1) is 18.3 Å². The molecule has 0 aliphatic rings. The fraction of sp³-hybridized carbons (Fsp3) is 0.381. The average molecular weight is 343 g/mol. The van der Waals surface area contributed by atoms with Crippen LogP contribution in [-0.4, -0.2) is 25.5 Å². The lowest BCUT2D eigenvalue weighted by Gasteiger charge is -2.29. The standard InChI is InChI=1S/C21H26N2.ClH/c1-18-8-7-11-20(16-18)21(17-22,14-15-23(2)3)13-12-19-9-5-4-6-10-19;/h4-11,16H,12-15H2,1-3H3;1H. The van der Waals surface area contributed by atoms with Crippen molar-refractivity contribution in [3.63, 3.8) is 0 Å². The van der Waals surface area contributed by atoms with E-state index in [9.17, 15) is 5.26 Å². The van der Waals surface area contributed by atoms with Gasteiger partial charge in [-0.25, -0.2) is 0 Å². The Balaban J connectivity index is 0.00000288. The number of halogens is 1. The first-order chi connectivity index (χ1) is 11.1. The fourth-order valence-electron chi connectivity index (χ4n) is 2.95. The van der Waals surface area contributed by atoms with E-state index in [0.717, 1.165) is 31.4 Å². The van der Waals surface area contributed by atoms with Crippen molar-refractivity contribution < 1.29 is 0 Å². The van der Waals surface area contributed by atoms with E-state index < -0.39 is 5.41 Å². The lowest BCUT2D eigenvalue weighted by Crippen LogP contribution is -2.30. The van der Waals surface area contributed by atoms with Gasteiger partial charge >= 0.3 is 0 Å². The van der Waals surface area contributed by atoms with E-state index in [2.05, 4.69) is 80.5 Å². The molecular weight excluding hydrogens is 316 g/mol. The van der Waals surface area contributed by atoms with Crippen LogP contribution in [0.5, 0.6) is 0 Å². The van der Waals surface area contributed by atoms with E-state index >= 15 is 0 Å². The Hall–Kier alpha value is -1.82. The third kappa shape index (κ3) is 5.37. The van der Waals surface area contributed by atoms with Gasteiger partial charge in [-0.15, -0.1) is 12.4 Å². The summed E-state index contributed by atoms with van der Waals surface area (Å²) in [4.78, 5) is 2.16. The normalized spacial score (nSPS) is 13.0. The summed E-state index contributed by atoms with van der Waals surface area (Å²) in [6, 6.07) is 21.5. The first-order valence-corrected chi connectivity index (χ1v) is 8.23. The second kappa shape index (κ2) is 9.47. The van der Waals surface area contributed by atoms with Gasteiger partial charge in [0.2, 0.25) is 0 Å². The number of nitrogens with zero attached hydrogens (tertiary/aromatic N) is 2. The first-order valence-electron chi connectivity index (χ1n) is 8.23. The summed E-state index contributed by atoms with van der Waals surface area (Å²) in [6.07, 6.45) is 2.63. The summed E-state index contributed by atoms with van der Waals surface area (Å²) in [6.45, 7) is 3.01. The number of rotatable bonds is 7. The number of hydrogen-bond acceptors (Lipinski definition) is 2. The van der Waals surface area contributed by atoms with Gasteiger partial charge in [-0.2, -0.15) is 5.26 Å². The summed E-state index contributed by atoms with van der Waals surface area (Å²) in [7, 11) is 4.13. The molecule has 1 unspecified atom stereocenters. The molecule has 0 saturated heterocycles. The Bertz CT molecular complexity index is 661. The van der Waals surface area contributed by atoms with Gasteiger partial charge in [0, 0.05) is 0 Å². The van der Waals surface area contributed by atoms with Gasteiger partial charge in [-0.05, 0) is 58.0 Å². The second-order valence-corrected chi connectivity index (χ2v) is 6.60. The van der Waals surface area contributed by atoms with Crippen molar-refractivity contribution in [3.8, 4) is 6.07 Å². The molecule has 0 N–H and O–H groups in total. The highest BCUT2D eigenvalue weighted by Gasteiger charge is 2.32. The SMILES string of the molecule is Cc1cccc(C(C#N)(CCc2ccccc2)CCN(C)C)c1.Cl. The Kier molecular flexibility index (Phi) is 7.98. The van der Waals surface area contributed by atoms with Crippen LogP contribution >= 0.6 is 12.4 Å². The van der Waals surface area contributed by atoms with E-state index in [0.29, 0.717) is 0 Å². The Morgan fingerprint density at radius 2 is 1.71 bits per heavy atom. The number of hydrogen-bond donors (Lipinski definition) is 0. The van der Waals surface area contributed by atoms with Crippen LogP contribution in [0.3, 0.4) is 0 Å². The molecule has 0 bridgehead atoms. The zero-order chi connectivity index (χ0) is 16.7. The van der Waals surface area contributed by atoms with Crippen LogP contribution in [0.15, 0.2) is 54.6 Å². The minimum absolute atomic E-state index is 0. The van der Waals surface area contributed by atoms with Crippen molar-refractivity contribution >= 4 is 12.4 Å². The van der Waals surface area contributed by atoms with Crippen LogP contribution in [0.2, 0.25) is 0 Å². The largest absolute Gasteiger partial charge is 0.309 e. The van der Waals surface area contributed by atoms with E-state index in [4.69, 9.17) is 0 Å². The maximum absolute atomic E-state index is 10.0. The molecule has 0 heterocycles. The molecule has 0 aliphatic carbocycles. The molecule has 128 valence electrons. The minimum Gasteiger partial charge on any atom is -0.309 e. The van der Waals surface area contributed by atoms with Crippen molar-refractivity contribution in [2.24, 2.45) is 0 Å². The van der Waals surface area contributed by atoms with Gasteiger partial charge in [0.05, 0.1) is 11.5 Å². The zero-order valence-electron chi connectivity index (χ0n) is 14.8. The molecule has 1 atom stereocenters. The summed E-state index contributed by atoms with van der Waals surface area (Å²) in [5.74, 6) is 0. The van der Waals surface area contributed by atoms with Crippen LogP contribution in [0.4, 0.5) is 0 Å². The van der Waals surface area contributed by atoms with Gasteiger partial charge in [0.25, 0.3) is 0 Å². The van der Waals surface area contributed by atoms with Gasteiger partial charge in [-0.1, -0.05) is 60.2 Å². The van der Waals surface area contributed by atoms with E-state index in [1.807, 2.05) is 6.07 Å². The van der Waals surface area contributed by atoms with Gasteiger partial charge in [0.1, 0.15) is 0 Å². The van der Waals surface area contributed by atoms with Crippen molar-refractivity contribution in [3.05, 3.63) is 71.3 Å². The molecule has 2 nitrogen and oxygen atoms in total. The maximum atomic E-state index is 10.0. The van der Waals surface area contributed by atoms with Crippen LogP contribution in [0.25, 0.3) is 0 Å². The minimum atomic E-state index is -0.424. The highest BCUT2D eigenvalue weighted by atomic mass is 35.5. The first kappa shape index (κ1) is 20.2. The molecule has 0 spiro atoms. The fourth-order valence-corrected chi connectivity index (χ4v) is 2.95. The van der Waals surface area contributed by atoms with Gasteiger partial charge < -0.3 is 4.90 Å². The van der Waals surface area contributed by atoms with Crippen molar-refractivity contribution in [2.45, 2.75) is 31.6 Å². The number of aryl methyl sites for hydroxylation is 2. The number of nitriles is 1. The molecule has 24 heavy (non-hydrogen) atoms. The molecule has 0 radical (unpaired) electrons. The zero-order valence-corrected chi connectivity index (χ0v) is 15.6. The van der Waals surface area contributed by atoms with Gasteiger partial charge in [0.15, 0.2) is 0 Å². The third-order valence-corrected chi connectivity index (χ3v) is 4.45. The molecule has 0 saturated carbocycles. The van der Waals surface area contributed by atoms with Gasteiger partial charge in [-0.3, -0.25) is 0 Å². The average Bonchev–Trinajstić information content (AvgIpc) is 2.56. The van der Waals surface area contributed by atoms with E-state index in [1.165, 1.54) is 11.1 Å². The molecule has 2 aromatic carbocycles. The quantitative estimate of drug-likeness (QED) is 0.725. The topological polar surface area (TPSA) is 27.0 Å². The second-order valence-electron chi connectivity index (χ2n) is 6.60. The van der Waals surface area contributed by atoms with Crippen molar-refractivity contribution in [2.75, 3.05) is 20.6 Å². The predicted octanol–water partition coefficient (Wildman–Crippen LogP) is 4.76. The molecule has 0 aliphatic heterocycles. The summed E-state index contributed by atoms with van der Waals surface area (Å²) in [5.41, 5.74) is 3.24. The molecule has 0 aromatic heterocycles. The van der Waals surface area contributed by atoms with Crippen molar-refractivity contribution in [1.29, 1.82) is 5.26 Å². The molecule has 2 aromatic rings. The summed E-state index contributed by atoms with van der Waals surface area (Å²) >= 11 is 0. The smallest absolute Gasteiger partial charge is 0.0837 e. The van der Waals surface area contributed by atoms with E-state index in [-0.39, 0.29) is 12.4 Å². The van der Waals surface area contributed by atoms with Crippen LogP contribution in [0.1, 0.15) is 29.5 Å². The Morgan fingerprint density at radius 1 is 1.00 bits per heavy atom. The Morgan fingerprint density at radius 3 is 2.29 bits per heavy atom. The highest BCUT2D eigenvalue weighted by molar-refractivity contribution is 5.85. The lowest BCUT2D eigenvalue weighted by atomic mass is 9.74. The predicted molar refractivity (Wildman–Crippen MR) is 104 cm³/mol. The molecule has 3 heteroatoms. The highest BCUT2D eigenvalue weighted by Crippen LogP contribution is 2.33. The summed E-state index contributed by atoms with van der Waals surface area (Å²) < 4.78 is 0. The maximum Gasteiger partial charge on any atom is 0.0837 e. The van der Waals surface area contributed by atoms with Crippen molar-refractivity contribution in [1.82, 2.24) is 4.90 Å². The molecule has 0 amide bonds. The van der Waals surface area contributed by atoms with Crippen LogP contribution < -0.4 is 0 Å². The Labute approximate surface area is 152 Å². The van der Waals surface area contributed by atoms with E-state index in [1.54, 1.807) is 0 Å².